The molecule has 1 aromatic rings. The monoisotopic (exact) mass is 362 g/mol. The molecular formula is C20H26O6. The van der Waals surface area contributed by atoms with Gasteiger partial charge in [-0.05, 0) is 24.8 Å². The van der Waals surface area contributed by atoms with Gasteiger partial charge in [-0.3, -0.25) is 0 Å². The van der Waals surface area contributed by atoms with Crippen molar-refractivity contribution in [1.29, 1.82) is 0 Å². The van der Waals surface area contributed by atoms with Crippen LogP contribution in [0.25, 0.3) is 0 Å². The second-order valence-corrected chi connectivity index (χ2v) is 5.84. The Balaban J connectivity index is 2.41. The number of carbonyl (C=O) groups excluding carboxylic acids is 2. The average Bonchev–Trinajstić information content (AvgIpc) is 2.64. The van der Waals surface area contributed by atoms with Gasteiger partial charge in [0.05, 0.1) is 0 Å². The fraction of sp³-hybridized carbons (Fsp3) is 0.400. The van der Waals surface area contributed by atoms with Crippen LogP contribution in [0.3, 0.4) is 0 Å². The molecule has 0 saturated heterocycles. The van der Waals surface area contributed by atoms with Crippen molar-refractivity contribution in [2.45, 2.75) is 50.6 Å². The third kappa shape index (κ3) is 7.63. The van der Waals surface area contributed by atoms with Crippen LogP contribution in [0.15, 0.2) is 55.6 Å². The molecule has 142 valence electrons. The third-order valence-electron chi connectivity index (χ3n) is 3.78. The molecule has 0 radical (unpaired) electrons. The molecule has 0 bridgehead atoms. The normalized spacial score (nSPS) is 12.1. The van der Waals surface area contributed by atoms with Gasteiger partial charge in [0.1, 0.15) is 0 Å². The van der Waals surface area contributed by atoms with Gasteiger partial charge in [0.15, 0.2) is 6.10 Å². The predicted molar refractivity (Wildman–Crippen MR) is 96.8 cm³/mol. The number of ether oxygens (including phenoxy) is 2. The first-order chi connectivity index (χ1) is 12.4. The van der Waals surface area contributed by atoms with Gasteiger partial charge in [-0.25, -0.2) is 9.59 Å². The lowest BCUT2D eigenvalue weighted by Crippen LogP contribution is -2.49. The summed E-state index contributed by atoms with van der Waals surface area (Å²) in [6, 6.07) is 10.1. The number of aryl methyl sites for hydroxylation is 1. The van der Waals surface area contributed by atoms with Gasteiger partial charge in [0.25, 0.3) is 0 Å². The number of esters is 2. The molecule has 1 rings (SSSR count). The number of aliphatic hydroxyl groups excluding tert-OH is 1. The summed E-state index contributed by atoms with van der Waals surface area (Å²) in [5, 5.41) is 20.3. The molecule has 1 unspecified atom stereocenters. The van der Waals surface area contributed by atoms with E-state index in [1.165, 1.54) is 5.56 Å². The second-order valence-electron chi connectivity index (χ2n) is 5.84. The second kappa shape index (κ2) is 11.2. The summed E-state index contributed by atoms with van der Waals surface area (Å²) in [7, 11) is 0. The number of hydrogen-bond donors (Lipinski definition) is 2. The quantitative estimate of drug-likeness (QED) is 0.257. The summed E-state index contributed by atoms with van der Waals surface area (Å²) in [5.74, 6) is -4.81. The molecular weight excluding hydrogens is 336 g/mol. The van der Waals surface area contributed by atoms with Crippen LogP contribution in [-0.2, 0) is 25.5 Å². The fourth-order valence-corrected chi connectivity index (χ4v) is 2.38. The SMILES string of the molecule is C=CC(=O)OC(O)(OC(=O)C=C)C(O)CCCCCCc1ccccc1. The topological polar surface area (TPSA) is 93.1 Å². The molecule has 0 aliphatic heterocycles. The summed E-state index contributed by atoms with van der Waals surface area (Å²) in [5.41, 5.74) is 1.27. The van der Waals surface area contributed by atoms with Crippen LogP contribution in [0.4, 0.5) is 0 Å². The first-order valence-corrected chi connectivity index (χ1v) is 8.56. The van der Waals surface area contributed by atoms with Gasteiger partial charge in [0, 0.05) is 12.2 Å². The van der Waals surface area contributed by atoms with E-state index in [4.69, 9.17) is 0 Å². The van der Waals surface area contributed by atoms with Crippen molar-refractivity contribution < 1.29 is 29.3 Å². The van der Waals surface area contributed by atoms with Crippen LogP contribution in [0.1, 0.15) is 37.7 Å². The summed E-state index contributed by atoms with van der Waals surface area (Å²) in [6.07, 6.45) is 4.40. The van der Waals surface area contributed by atoms with Crippen molar-refractivity contribution >= 4 is 11.9 Å². The van der Waals surface area contributed by atoms with Crippen LogP contribution in [0, 0.1) is 0 Å². The molecule has 0 aromatic heterocycles. The lowest BCUT2D eigenvalue weighted by molar-refractivity contribution is -0.358. The van der Waals surface area contributed by atoms with E-state index in [0.717, 1.165) is 37.8 Å². The van der Waals surface area contributed by atoms with Gasteiger partial charge in [-0.2, -0.15) is 0 Å². The van der Waals surface area contributed by atoms with Crippen molar-refractivity contribution in [3.8, 4) is 0 Å². The lowest BCUT2D eigenvalue weighted by atomic mass is 10.0. The van der Waals surface area contributed by atoms with Gasteiger partial charge < -0.3 is 19.7 Å². The maximum Gasteiger partial charge on any atom is 0.401 e. The van der Waals surface area contributed by atoms with Crippen LogP contribution < -0.4 is 0 Å². The number of aliphatic hydroxyl groups is 2. The molecule has 0 heterocycles. The number of hydrogen-bond acceptors (Lipinski definition) is 6. The predicted octanol–water partition coefficient (Wildman–Crippen LogP) is 2.65. The first kappa shape index (κ1) is 21.6. The van der Waals surface area contributed by atoms with E-state index < -0.39 is 24.0 Å². The van der Waals surface area contributed by atoms with Crippen molar-refractivity contribution in [2.24, 2.45) is 0 Å². The molecule has 6 nitrogen and oxygen atoms in total. The summed E-state index contributed by atoms with van der Waals surface area (Å²) in [4.78, 5) is 22.6. The van der Waals surface area contributed by atoms with Crippen molar-refractivity contribution in [1.82, 2.24) is 0 Å². The number of unbranched alkanes of at least 4 members (excludes halogenated alkanes) is 3. The Morgan fingerprint density at radius 3 is 2.08 bits per heavy atom. The zero-order chi connectivity index (χ0) is 19.4. The molecule has 0 fully saturated rings. The smallest absolute Gasteiger partial charge is 0.393 e. The van der Waals surface area contributed by atoms with E-state index in [2.05, 4.69) is 34.8 Å². The highest BCUT2D eigenvalue weighted by atomic mass is 16.8. The maximum atomic E-state index is 11.3. The van der Waals surface area contributed by atoms with E-state index >= 15 is 0 Å². The molecule has 26 heavy (non-hydrogen) atoms. The minimum atomic E-state index is -2.76. The molecule has 1 aromatic carbocycles. The zero-order valence-electron chi connectivity index (χ0n) is 14.8. The Morgan fingerprint density at radius 2 is 1.54 bits per heavy atom. The van der Waals surface area contributed by atoms with Crippen LogP contribution >= 0.6 is 0 Å². The molecule has 6 heteroatoms. The molecule has 0 amide bonds. The standard InChI is InChI=1S/C20H26O6/c1-3-18(22)25-20(24,26-19(23)4-2)17(21)15-11-6-5-8-12-16-13-9-7-10-14-16/h3-4,7,9-10,13-14,17,21,24H,1-2,5-6,8,11-12,15H2. The van der Waals surface area contributed by atoms with Gasteiger partial charge in [0.2, 0.25) is 0 Å². The Bertz CT molecular complexity index is 574. The highest BCUT2D eigenvalue weighted by molar-refractivity contribution is 5.83. The molecule has 1 atom stereocenters. The van der Waals surface area contributed by atoms with Crippen LogP contribution in [0.5, 0.6) is 0 Å². The molecule has 0 spiro atoms. The molecule has 0 aliphatic rings. The Labute approximate surface area is 153 Å². The van der Waals surface area contributed by atoms with Crippen molar-refractivity contribution in [3.63, 3.8) is 0 Å². The highest BCUT2D eigenvalue weighted by Crippen LogP contribution is 2.21. The third-order valence-corrected chi connectivity index (χ3v) is 3.78. The summed E-state index contributed by atoms with van der Waals surface area (Å²) in [6.45, 7) is 6.39. The highest BCUT2D eigenvalue weighted by Gasteiger charge is 2.43. The first-order valence-electron chi connectivity index (χ1n) is 8.56. The Kier molecular flexibility index (Phi) is 9.33. The van der Waals surface area contributed by atoms with Gasteiger partial charge >= 0.3 is 17.9 Å². The van der Waals surface area contributed by atoms with Gasteiger partial charge in [-0.15, -0.1) is 0 Å². The minimum Gasteiger partial charge on any atom is -0.393 e. The lowest BCUT2D eigenvalue weighted by Gasteiger charge is -2.30. The summed E-state index contributed by atoms with van der Waals surface area (Å²) >= 11 is 0. The molecule has 0 aliphatic carbocycles. The molecule has 2 N–H and O–H groups in total. The number of carbonyl (C=O) groups is 2. The van der Waals surface area contributed by atoms with E-state index in [1.54, 1.807) is 0 Å². The van der Waals surface area contributed by atoms with Crippen molar-refractivity contribution in [2.75, 3.05) is 0 Å². The number of benzene rings is 1. The fourth-order valence-electron chi connectivity index (χ4n) is 2.38. The Hall–Kier alpha value is -2.44. The average molecular weight is 362 g/mol. The van der Waals surface area contributed by atoms with E-state index in [-0.39, 0.29) is 6.42 Å². The van der Waals surface area contributed by atoms with Gasteiger partial charge in [-0.1, -0.05) is 62.8 Å². The van der Waals surface area contributed by atoms with Crippen LogP contribution in [-0.4, -0.2) is 34.2 Å². The largest absolute Gasteiger partial charge is 0.401 e. The Morgan fingerprint density at radius 1 is 1.00 bits per heavy atom. The zero-order valence-corrected chi connectivity index (χ0v) is 14.8. The summed E-state index contributed by atoms with van der Waals surface area (Å²) < 4.78 is 9.23. The van der Waals surface area contributed by atoms with E-state index in [9.17, 15) is 19.8 Å². The van der Waals surface area contributed by atoms with E-state index in [0.29, 0.717) is 6.42 Å². The van der Waals surface area contributed by atoms with E-state index in [1.807, 2.05) is 18.2 Å². The number of rotatable bonds is 12. The minimum absolute atomic E-state index is 0.0939. The van der Waals surface area contributed by atoms with Crippen molar-refractivity contribution in [3.05, 3.63) is 61.2 Å². The molecule has 0 saturated carbocycles. The van der Waals surface area contributed by atoms with Crippen LogP contribution in [0.2, 0.25) is 0 Å². The maximum absolute atomic E-state index is 11.3.